The van der Waals surface area contributed by atoms with Crippen LogP contribution in [-0.2, 0) is 17.6 Å². The third kappa shape index (κ3) is 3.26. The van der Waals surface area contributed by atoms with Crippen molar-refractivity contribution in [3.8, 4) is 0 Å². The van der Waals surface area contributed by atoms with Gasteiger partial charge in [0.25, 0.3) is 5.56 Å². The molecule has 1 N–H and O–H groups in total. The summed E-state index contributed by atoms with van der Waals surface area (Å²) in [5, 5.41) is 12.2. The fourth-order valence-corrected chi connectivity index (χ4v) is 4.79. The molecule has 1 aromatic carbocycles. The van der Waals surface area contributed by atoms with E-state index in [0.29, 0.717) is 20.9 Å². The summed E-state index contributed by atoms with van der Waals surface area (Å²) in [7, 11) is 0. The molecule has 2 heterocycles. The number of aromatic nitrogens is 3. The van der Waals surface area contributed by atoms with E-state index in [0.717, 1.165) is 36.8 Å². The highest BCUT2D eigenvalue weighted by atomic mass is 35.5. The number of anilines is 1. The van der Waals surface area contributed by atoms with Gasteiger partial charge in [-0.3, -0.25) is 9.59 Å². The van der Waals surface area contributed by atoms with Crippen LogP contribution >= 0.6 is 22.9 Å². The number of halogens is 1. The Labute approximate surface area is 165 Å². The molecular weight excluding hydrogens is 384 g/mol. The van der Waals surface area contributed by atoms with Crippen molar-refractivity contribution in [2.75, 3.05) is 5.32 Å². The van der Waals surface area contributed by atoms with E-state index < -0.39 is 6.04 Å². The Kier molecular flexibility index (Phi) is 4.74. The molecule has 0 saturated carbocycles. The summed E-state index contributed by atoms with van der Waals surface area (Å²) >= 11 is 7.56. The highest BCUT2D eigenvalue weighted by Crippen LogP contribution is 2.33. The summed E-state index contributed by atoms with van der Waals surface area (Å²) < 4.78 is 1.18. The van der Waals surface area contributed by atoms with Crippen molar-refractivity contribution in [3.05, 3.63) is 49.6 Å². The average Bonchev–Trinajstić information content (AvgIpc) is 3.04. The maximum atomic E-state index is 13.0. The lowest BCUT2D eigenvalue weighted by atomic mass is 9.97. The maximum absolute atomic E-state index is 13.0. The minimum atomic E-state index is -0.785. The Balaban J connectivity index is 1.69. The highest BCUT2D eigenvalue weighted by molar-refractivity contribution is 7.18. The Morgan fingerprint density at radius 2 is 2.11 bits per heavy atom. The van der Waals surface area contributed by atoms with Gasteiger partial charge >= 0.3 is 0 Å². The van der Waals surface area contributed by atoms with Crippen LogP contribution in [0.25, 0.3) is 10.2 Å². The summed E-state index contributed by atoms with van der Waals surface area (Å²) in [5.74, 6) is -0.333. The minimum Gasteiger partial charge on any atom is -0.324 e. The van der Waals surface area contributed by atoms with Gasteiger partial charge in [-0.05, 0) is 62.8 Å². The van der Waals surface area contributed by atoms with Gasteiger partial charge in [-0.2, -0.15) is 4.68 Å². The van der Waals surface area contributed by atoms with E-state index in [4.69, 9.17) is 11.6 Å². The van der Waals surface area contributed by atoms with Crippen molar-refractivity contribution in [1.82, 2.24) is 15.0 Å². The zero-order chi connectivity index (χ0) is 19.1. The van der Waals surface area contributed by atoms with Gasteiger partial charge in [0.2, 0.25) is 5.91 Å². The normalized spacial score (nSPS) is 14.8. The smallest absolute Gasteiger partial charge is 0.279 e. The van der Waals surface area contributed by atoms with Crippen LogP contribution in [0.3, 0.4) is 0 Å². The van der Waals surface area contributed by atoms with Crippen LogP contribution in [0.2, 0.25) is 5.02 Å². The maximum Gasteiger partial charge on any atom is 0.279 e. The number of carbonyl (C=O) groups excluding carboxylic acids is 1. The molecule has 27 heavy (non-hydrogen) atoms. The van der Waals surface area contributed by atoms with Crippen LogP contribution in [0.15, 0.2) is 23.0 Å². The first-order chi connectivity index (χ1) is 13.0. The molecule has 0 aliphatic heterocycles. The first-order valence-electron chi connectivity index (χ1n) is 8.92. The first-order valence-corrected chi connectivity index (χ1v) is 10.1. The van der Waals surface area contributed by atoms with Gasteiger partial charge in [0.15, 0.2) is 4.83 Å². The second-order valence-corrected chi connectivity index (χ2v) is 8.37. The molecule has 1 amide bonds. The molecule has 1 atom stereocenters. The summed E-state index contributed by atoms with van der Waals surface area (Å²) in [6, 6.07) is 4.50. The predicted molar refractivity (Wildman–Crippen MR) is 108 cm³/mol. The molecule has 0 bridgehead atoms. The molecule has 0 saturated heterocycles. The number of hydrogen-bond acceptors (Lipinski definition) is 5. The molecule has 0 spiro atoms. The Bertz CT molecular complexity index is 1110. The molecule has 0 fully saturated rings. The Morgan fingerprint density at radius 1 is 1.33 bits per heavy atom. The van der Waals surface area contributed by atoms with Crippen LogP contribution in [0, 0.1) is 6.92 Å². The average molecular weight is 403 g/mol. The number of benzene rings is 1. The molecule has 0 radical (unpaired) electrons. The minimum absolute atomic E-state index is 0.245. The van der Waals surface area contributed by atoms with Gasteiger partial charge in [-0.25, -0.2) is 0 Å². The van der Waals surface area contributed by atoms with Crippen LogP contribution in [0.5, 0.6) is 0 Å². The van der Waals surface area contributed by atoms with Gasteiger partial charge in [-0.1, -0.05) is 22.9 Å². The zero-order valence-electron chi connectivity index (χ0n) is 15.1. The first kappa shape index (κ1) is 18.1. The molecule has 140 valence electrons. The highest BCUT2D eigenvalue weighted by Gasteiger charge is 2.24. The number of carbonyl (C=O) groups is 1. The molecule has 0 unspecified atom stereocenters. The fourth-order valence-electron chi connectivity index (χ4n) is 3.42. The number of fused-ring (bicyclic) bond motifs is 3. The summed E-state index contributed by atoms with van der Waals surface area (Å²) in [6.45, 7) is 3.53. The summed E-state index contributed by atoms with van der Waals surface area (Å²) in [5.41, 5.74) is 2.35. The molecule has 1 aliphatic rings. The van der Waals surface area contributed by atoms with E-state index in [1.807, 2.05) is 13.0 Å². The zero-order valence-corrected chi connectivity index (χ0v) is 16.7. The Hall–Kier alpha value is -2.25. The third-order valence-electron chi connectivity index (χ3n) is 5.01. The van der Waals surface area contributed by atoms with Crippen molar-refractivity contribution < 1.29 is 4.79 Å². The molecule has 4 rings (SSSR count). The van der Waals surface area contributed by atoms with Crippen molar-refractivity contribution in [2.24, 2.45) is 0 Å². The number of nitrogens with one attached hydrogen (secondary N) is 1. The number of thiophene rings is 1. The van der Waals surface area contributed by atoms with Crippen LogP contribution in [-0.4, -0.2) is 20.9 Å². The number of rotatable bonds is 3. The van der Waals surface area contributed by atoms with Crippen molar-refractivity contribution >= 4 is 44.7 Å². The van der Waals surface area contributed by atoms with Gasteiger partial charge < -0.3 is 5.32 Å². The lowest BCUT2D eigenvalue weighted by Gasteiger charge is -2.15. The molecule has 1 aliphatic carbocycles. The van der Waals surface area contributed by atoms with E-state index in [9.17, 15) is 9.59 Å². The van der Waals surface area contributed by atoms with E-state index in [-0.39, 0.29) is 11.5 Å². The standard InChI is InChI=1S/C19H19ClN4O2S/c1-10-7-8-12(20)9-14(10)21-17(25)11(2)24-19(26)16-13-5-3-4-6-15(13)27-18(16)22-23-24/h7-9,11H,3-6H2,1-2H3,(H,21,25)/t11-/m1/s1. The molecule has 2 aromatic heterocycles. The topological polar surface area (TPSA) is 76.9 Å². The van der Waals surface area contributed by atoms with Crippen LogP contribution in [0.1, 0.15) is 41.8 Å². The summed E-state index contributed by atoms with van der Waals surface area (Å²) in [4.78, 5) is 27.7. The van der Waals surface area contributed by atoms with Gasteiger partial charge in [0.05, 0.1) is 5.39 Å². The van der Waals surface area contributed by atoms with Crippen molar-refractivity contribution in [2.45, 2.75) is 45.6 Å². The monoisotopic (exact) mass is 402 g/mol. The quantitative estimate of drug-likeness (QED) is 0.720. The van der Waals surface area contributed by atoms with Crippen LogP contribution < -0.4 is 10.9 Å². The van der Waals surface area contributed by atoms with Crippen molar-refractivity contribution in [1.29, 1.82) is 0 Å². The fraction of sp³-hybridized carbons (Fsp3) is 0.368. The lowest BCUT2D eigenvalue weighted by Crippen LogP contribution is -2.34. The van der Waals surface area contributed by atoms with Crippen LogP contribution in [0.4, 0.5) is 5.69 Å². The number of aryl methyl sites for hydroxylation is 3. The Morgan fingerprint density at radius 3 is 2.93 bits per heavy atom. The molecule has 6 nitrogen and oxygen atoms in total. The van der Waals surface area contributed by atoms with Crippen molar-refractivity contribution in [3.63, 3.8) is 0 Å². The summed E-state index contributed by atoms with van der Waals surface area (Å²) in [6.07, 6.45) is 4.09. The van der Waals surface area contributed by atoms with E-state index in [1.54, 1.807) is 30.4 Å². The molecule has 3 aromatic rings. The van der Waals surface area contributed by atoms with E-state index in [2.05, 4.69) is 15.6 Å². The van der Waals surface area contributed by atoms with Gasteiger partial charge in [-0.15, -0.1) is 16.4 Å². The SMILES string of the molecule is Cc1ccc(Cl)cc1NC(=O)[C@@H](C)n1nnc2sc3c(c2c1=O)CCCC3. The number of amides is 1. The van der Waals surface area contributed by atoms with E-state index >= 15 is 0 Å². The predicted octanol–water partition coefficient (Wildman–Crippen LogP) is 3.89. The van der Waals surface area contributed by atoms with Gasteiger partial charge in [0, 0.05) is 15.6 Å². The molecular formula is C19H19ClN4O2S. The second-order valence-electron chi connectivity index (χ2n) is 6.85. The van der Waals surface area contributed by atoms with Gasteiger partial charge in [0.1, 0.15) is 6.04 Å². The lowest BCUT2D eigenvalue weighted by molar-refractivity contribution is -0.119. The third-order valence-corrected chi connectivity index (χ3v) is 6.42. The second kappa shape index (κ2) is 7.05. The van der Waals surface area contributed by atoms with E-state index in [1.165, 1.54) is 9.56 Å². The molecule has 8 heteroatoms. The number of nitrogens with zero attached hydrogens (tertiary/aromatic N) is 3. The largest absolute Gasteiger partial charge is 0.324 e. The number of hydrogen-bond donors (Lipinski definition) is 1.